The number of carbonyl (C=O) groups is 3. The van der Waals surface area contributed by atoms with Crippen LogP contribution in [0.3, 0.4) is 0 Å². The number of halogens is 3. The van der Waals surface area contributed by atoms with E-state index in [0.29, 0.717) is 22.1 Å². The summed E-state index contributed by atoms with van der Waals surface area (Å²) in [6, 6.07) is 17.7. The summed E-state index contributed by atoms with van der Waals surface area (Å²) in [6.45, 7) is -0.759. The highest BCUT2D eigenvalue weighted by molar-refractivity contribution is 6.12. The third kappa shape index (κ3) is 3.47. The normalized spacial score (nSPS) is 14.9. The zero-order valence-corrected chi connectivity index (χ0v) is 16.4. The molecule has 4 amide bonds. The molecule has 0 aliphatic carbocycles. The van der Waals surface area contributed by atoms with Gasteiger partial charge in [0.15, 0.2) is 23.0 Å². The molecule has 4 rings (SSSR count). The lowest BCUT2D eigenvalue weighted by Crippen LogP contribution is -2.45. The van der Waals surface area contributed by atoms with Gasteiger partial charge in [0.05, 0.1) is 5.69 Å². The highest BCUT2D eigenvalue weighted by Gasteiger charge is 2.54. The van der Waals surface area contributed by atoms with Crippen LogP contribution in [0.1, 0.15) is 11.1 Å². The van der Waals surface area contributed by atoms with Gasteiger partial charge in [0.2, 0.25) is 5.91 Å². The van der Waals surface area contributed by atoms with Crippen molar-refractivity contribution in [1.82, 2.24) is 10.2 Å². The third-order valence-electron chi connectivity index (χ3n) is 5.13. The van der Waals surface area contributed by atoms with E-state index in [1.54, 1.807) is 60.7 Å². The number of benzene rings is 3. The van der Waals surface area contributed by atoms with Gasteiger partial charge < -0.3 is 10.6 Å². The predicted molar refractivity (Wildman–Crippen MR) is 109 cm³/mol. The molecule has 0 atom stereocenters. The van der Waals surface area contributed by atoms with Crippen molar-refractivity contribution in [3.8, 4) is 0 Å². The van der Waals surface area contributed by atoms with Crippen molar-refractivity contribution < 1.29 is 27.6 Å². The van der Waals surface area contributed by atoms with Gasteiger partial charge in [-0.05, 0) is 23.3 Å². The first-order chi connectivity index (χ1) is 15.3. The van der Waals surface area contributed by atoms with Crippen LogP contribution in [0, 0.1) is 17.5 Å². The van der Waals surface area contributed by atoms with E-state index in [4.69, 9.17) is 0 Å². The molecule has 1 heterocycles. The molecule has 2 N–H and O–H groups in total. The molecule has 3 aromatic carbocycles. The Bertz CT molecular complexity index is 1160. The SMILES string of the molecule is O=C(CN1C(=O)NC(c2ccccc2)(c2ccccc2)C1=O)Nc1ccc(F)c(F)c1F. The number of imide groups is 1. The fraction of sp³-hybridized carbons (Fsp3) is 0.0870. The number of nitrogens with one attached hydrogen (secondary N) is 2. The highest BCUT2D eigenvalue weighted by atomic mass is 19.2. The van der Waals surface area contributed by atoms with Crippen LogP contribution in [0.25, 0.3) is 0 Å². The molecule has 0 aromatic heterocycles. The zero-order valence-electron chi connectivity index (χ0n) is 16.4. The average Bonchev–Trinajstić information content (AvgIpc) is 3.06. The Kier molecular flexibility index (Phi) is 5.40. The minimum Gasteiger partial charge on any atom is -0.322 e. The van der Waals surface area contributed by atoms with Crippen LogP contribution in [0.2, 0.25) is 0 Å². The maximum absolute atomic E-state index is 13.9. The van der Waals surface area contributed by atoms with Crippen LogP contribution < -0.4 is 10.6 Å². The second-order valence-corrected chi connectivity index (χ2v) is 7.07. The van der Waals surface area contributed by atoms with Crippen molar-refractivity contribution in [3.05, 3.63) is 101 Å². The molecule has 1 fully saturated rings. The Morgan fingerprint density at radius 3 is 1.97 bits per heavy atom. The molecule has 1 aliphatic rings. The first-order valence-electron chi connectivity index (χ1n) is 9.53. The average molecular weight is 439 g/mol. The van der Waals surface area contributed by atoms with Crippen LogP contribution in [0.5, 0.6) is 0 Å². The number of anilines is 1. The fourth-order valence-corrected chi connectivity index (χ4v) is 3.61. The van der Waals surface area contributed by atoms with E-state index in [1.807, 2.05) is 0 Å². The summed E-state index contributed by atoms with van der Waals surface area (Å²) in [5, 5.41) is 4.73. The van der Waals surface area contributed by atoms with Crippen LogP contribution >= 0.6 is 0 Å². The number of hydrogen-bond donors (Lipinski definition) is 2. The van der Waals surface area contributed by atoms with Crippen molar-refractivity contribution in [2.24, 2.45) is 0 Å². The van der Waals surface area contributed by atoms with Gasteiger partial charge in [0, 0.05) is 0 Å². The lowest BCUT2D eigenvalue weighted by Gasteiger charge is -2.28. The monoisotopic (exact) mass is 439 g/mol. The Labute approximate surface area is 180 Å². The number of nitrogens with zero attached hydrogens (tertiary/aromatic N) is 1. The van der Waals surface area contributed by atoms with Gasteiger partial charge in [-0.25, -0.2) is 18.0 Å². The lowest BCUT2D eigenvalue weighted by atomic mass is 9.82. The second kappa shape index (κ2) is 8.18. The fourth-order valence-electron chi connectivity index (χ4n) is 3.61. The largest absolute Gasteiger partial charge is 0.326 e. The van der Waals surface area contributed by atoms with Crippen molar-refractivity contribution >= 4 is 23.5 Å². The maximum atomic E-state index is 13.9. The van der Waals surface area contributed by atoms with E-state index >= 15 is 0 Å². The summed E-state index contributed by atoms with van der Waals surface area (Å²) in [5.74, 6) is -6.41. The molecular weight excluding hydrogens is 423 g/mol. The number of urea groups is 1. The van der Waals surface area contributed by atoms with Gasteiger partial charge in [0.25, 0.3) is 5.91 Å². The van der Waals surface area contributed by atoms with Gasteiger partial charge in [-0.3, -0.25) is 14.5 Å². The number of rotatable bonds is 5. The van der Waals surface area contributed by atoms with Gasteiger partial charge in [0.1, 0.15) is 6.54 Å². The van der Waals surface area contributed by atoms with Crippen LogP contribution in [0.4, 0.5) is 23.7 Å². The zero-order chi connectivity index (χ0) is 22.9. The first-order valence-corrected chi connectivity index (χ1v) is 9.53. The van der Waals surface area contributed by atoms with E-state index in [1.165, 1.54) is 0 Å². The van der Waals surface area contributed by atoms with Gasteiger partial charge in [-0.15, -0.1) is 0 Å². The molecule has 0 radical (unpaired) electrons. The summed E-state index contributed by atoms with van der Waals surface area (Å²) in [7, 11) is 0. The molecule has 0 spiro atoms. The van der Waals surface area contributed by atoms with E-state index < -0.39 is 53.1 Å². The minimum atomic E-state index is -1.75. The van der Waals surface area contributed by atoms with Crippen molar-refractivity contribution in [3.63, 3.8) is 0 Å². The van der Waals surface area contributed by atoms with Gasteiger partial charge in [-0.1, -0.05) is 60.7 Å². The Morgan fingerprint density at radius 2 is 1.41 bits per heavy atom. The van der Waals surface area contributed by atoms with Crippen molar-refractivity contribution in [2.45, 2.75) is 5.54 Å². The van der Waals surface area contributed by atoms with Gasteiger partial charge in [-0.2, -0.15) is 0 Å². The molecule has 0 unspecified atom stereocenters. The van der Waals surface area contributed by atoms with Crippen LogP contribution in [-0.4, -0.2) is 29.3 Å². The lowest BCUT2D eigenvalue weighted by molar-refractivity contribution is -0.133. The molecule has 3 aromatic rings. The summed E-state index contributed by atoms with van der Waals surface area (Å²) in [5.41, 5.74) is -1.20. The maximum Gasteiger partial charge on any atom is 0.326 e. The number of amides is 4. The van der Waals surface area contributed by atoms with Gasteiger partial charge >= 0.3 is 6.03 Å². The Morgan fingerprint density at radius 1 is 0.844 bits per heavy atom. The van der Waals surface area contributed by atoms with E-state index in [0.717, 1.165) is 6.07 Å². The minimum absolute atomic E-state index is 0.485. The standard InChI is InChI=1S/C23H16F3N3O3/c24-16-11-12-17(20(26)19(16)25)27-18(30)13-29-21(31)23(28-22(29)32,14-7-3-1-4-8-14)15-9-5-2-6-10-15/h1-12H,13H2,(H,27,30)(H,28,32). The van der Waals surface area contributed by atoms with E-state index in [2.05, 4.69) is 10.6 Å². The molecule has 6 nitrogen and oxygen atoms in total. The van der Waals surface area contributed by atoms with Crippen LogP contribution in [0.15, 0.2) is 72.8 Å². The molecule has 1 saturated heterocycles. The third-order valence-corrected chi connectivity index (χ3v) is 5.13. The second-order valence-electron chi connectivity index (χ2n) is 7.07. The summed E-state index contributed by atoms with van der Waals surface area (Å²) >= 11 is 0. The molecule has 1 aliphatic heterocycles. The quantitative estimate of drug-likeness (QED) is 0.472. The Balaban J connectivity index is 1.64. The molecule has 0 bridgehead atoms. The molecule has 9 heteroatoms. The topological polar surface area (TPSA) is 78.5 Å². The summed E-state index contributed by atoms with van der Waals surface area (Å²) < 4.78 is 40.4. The smallest absolute Gasteiger partial charge is 0.322 e. The Hall–Kier alpha value is -4.14. The van der Waals surface area contributed by atoms with Crippen LogP contribution in [-0.2, 0) is 15.1 Å². The number of carbonyl (C=O) groups excluding carboxylic acids is 3. The molecule has 32 heavy (non-hydrogen) atoms. The van der Waals surface area contributed by atoms with Crippen molar-refractivity contribution in [1.29, 1.82) is 0 Å². The van der Waals surface area contributed by atoms with E-state index in [-0.39, 0.29) is 0 Å². The summed E-state index contributed by atoms with van der Waals surface area (Å²) in [4.78, 5) is 39.3. The van der Waals surface area contributed by atoms with Crippen molar-refractivity contribution in [2.75, 3.05) is 11.9 Å². The molecule has 162 valence electrons. The van der Waals surface area contributed by atoms with E-state index in [9.17, 15) is 27.6 Å². The number of hydrogen-bond acceptors (Lipinski definition) is 3. The predicted octanol–water partition coefficient (Wildman–Crippen LogP) is 3.54. The molecule has 0 saturated carbocycles. The first kappa shape index (κ1) is 21.1. The molecular formula is C23H16F3N3O3. The summed E-state index contributed by atoms with van der Waals surface area (Å²) in [6.07, 6.45) is 0. The highest BCUT2D eigenvalue weighted by Crippen LogP contribution is 2.36.